The van der Waals surface area contributed by atoms with Crippen molar-refractivity contribution in [3.8, 4) is 0 Å². The lowest BCUT2D eigenvalue weighted by molar-refractivity contribution is -0.137. The maximum Gasteiger partial charge on any atom is 0.225 e. The van der Waals surface area contributed by atoms with E-state index in [-0.39, 0.29) is 18.6 Å². The molecular weight excluding hydrogens is 266 g/mol. The number of hydrogen-bond acceptors (Lipinski definition) is 4. The topological polar surface area (TPSA) is 69.8 Å². The number of carbonyl (C=O) groups is 1. The number of aliphatic hydroxyl groups is 1. The van der Waals surface area contributed by atoms with Crippen molar-refractivity contribution in [3.05, 3.63) is 0 Å². The summed E-state index contributed by atoms with van der Waals surface area (Å²) in [5.41, 5.74) is 6.06. The summed E-state index contributed by atoms with van der Waals surface area (Å²) in [6, 6.07) is 0.281. The van der Waals surface area contributed by atoms with Gasteiger partial charge in [0.2, 0.25) is 5.91 Å². The van der Waals surface area contributed by atoms with Crippen LogP contribution >= 0.6 is 0 Å². The van der Waals surface area contributed by atoms with Gasteiger partial charge in [-0.2, -0.15) is 0 Å². The maximum atomic E-state index is 12.7. The lowest BCUT2D eigenvalue weighted by atomic mass is 9.78. The number of hydrogen-bond donors (Lipinski definition) is 2. The van der Waals surface area contributed by atoms with Crippen LogP contribution in [0.3, 0.4) is 0 Å². The van der Waals surface area contributed by atoms with E-state index in [2.05, 4.69) is 11.8 Å². The number of amides is 1. The Hall–Kier alpha value is -0.650. The van der Waals surface area contributed by atoms with E-state index in [1.807, 2.05) is 4.90 Å². The van der Waals surface area contributed by atoms with E-state index in [9.17, 15) is 4.79 Å². The first-order valence-electron chi connectivity index (χ1n) is 8.49. The Labute approximate surface area is 128 Å². The van der Waals surface area contributed by atoms with Crippen LogP contribution in [0.4, 0.5) is 0 Å². The van der Waals surface area contributed by atoms with Crippen LogP contribution in [-0.2, 0) is 4.79 Å². The first-order valence-corrected chi connectivity index (χ1v) is 8.49. The van der Waals surface area contributed by atoms with Gasteiger partial charge in [-0.25, -0.2) is 0 Å². The molecular formula is C16H31N3O2. The number of carbonyl (C=O) groups excluding carboxylic acids is 1. The van der Waals surface area contributed by atoms with Crippen molar-refractivity contribution < 1.29 is 9.90 Å². The summed E-state index contributed by atoms with van der Waals surface area (Å²) in [4.78, 5) is 17.0. The Morgan fingerprint density at radius 2 is 2.05 bits per heavy atom. The second-order valence-electron chi connectivity index (χ2n) is 6.72. The van der Waals surface area contributed by atoms with Crippen LogP contribution in [0.5, 0.6) is 0 Å². The van der Waals surface area contributed by atoms with E-state index < -0.39 is 0 Å². The molecule has 0 aromatic carbocycles. The zero-order valence-electron chi connectivity index (χ0n) is 13.3. The summed E-state index contributed by atoms with van der Waals surface area (Å²) in [6.45, 7) is 6.50. The van der Waals surface area contributed by atoms with Gasteiger partial charge in [0.15, 0.2) is 0 Å². The first-order chi connectivity index (χ1) is 10.1. The van der Waals surface area contributed by atoms with Crippen LogP contribution < -0.4 is 5.73 Å². The summed E-state index contributed by atoms with van der Waals surface area (Å²) in [5, 5.41) is 9.03. The minimum atomic E-state index is 0.0979. The van der Waals surface area contributed by atoms with Crippen molar-refractivity contribution in [2.24, 2.45) is 17.6 Å². The van der Waals surface area contributed by atoms with Crippen LogP contribution in [0.25, 0.3) is 0 Å². The SMILES string of the molecule is CC(C(=O)N1CCCN(CCO)CC1)C1CCCC(N)C1. The number of rotatable bonds is 4. The van der Waals surface area contributed by atoms with Gasteiger partial charge in [-0.3, -0.25) is 9.69 Å². The highest BCUT2D eigenvalue weighted by Gasteiger charge is 2.31. The normalized spacial score (nSPS) is 30.0. The van der Waals surface area contributed by atoms with E-state index in [0.717, 1.165) is 64.8 Å². The van der Waals surface area contributed by atoms with Gasteiger partial charge in [0.25, 0.3) is 0 Å². The molecule has 2 rings (SSSR count). The average Bonchev–Trinajstić information content (AvgIpc) is 2.72. The maximum absolute atomic E-state index is 12.7. The summed E-state index contributed by atoms with van der Waals surface area (Å²) in [6.07, 6.45) is 5.41. The molecule has 21 heavy (non-hydrogen) atoms. The van der Waals surface area contributed by atoms with Gasteiger partial charge < -0.3 is 15.7 Å². The summed E-state index contributed by atoms with van der Waals surface area (Å²) in [5.74, 6) is 0.860. The summed E-state index contributed by atoms with van der Waals surface area (Å²) >= 11 is 0. The van der Waals surface area contributed by atoms with Crippen LogP contribution in [-0.4, -0.2) is 66.2 Å². The van der Waals surface area contributed by atoms with E-state index in [0.29, 0.717) is 11.8 Å². The molecule has 1 aliphatic carbocycles. The van der Waals surface area contributed by atoms with Crippen molar-refractivity contribution in [2.45, 2.75) is 45.1 Å². The molecule has 2 fully saturated rings. The number of nitrogens with two attached hydrogens (primary N) is 1. The van der Waals surface area contributed by atoms with Crippen molar-refractivity contribution in [1.29, 1.82) is 0 Å². The Kier molecular flexibility index (Phi) is 6.45. The molecule has 5 heteroatoms. The Morgan fingerprint density at radius 1 is 1.24 bits per heavy atom. The molecule has 1 aliphatic heterocycles. The Morgan fingerprint density at radius 3 is 2.76 bits per heavy atom. The van der Waals surface area contributed by atoms with Crippen LogP contribution in [0, 0.1) is 11.8 Å². The fraction of sp³-hybridized carbons (Fsp3) is 0.938. The zero-order chi connectivity index (χ0) is 15.2. The number of β-amino-alcohol motifs (C(OH)–C–C–N with tert-alkyl or cyclic N) is 1. The molecule has 0 aromatic heterocycles. The van der Waals surface area contributed by atoms with E-state index >= 15 is 0 Å². The van der Waals surface area contributed by atoms with Gasteiger partial charge in [0, 0.05) is 38.1 Å². The lowest BCUT2D eigenvalue weighted by Crippen LogP contribution is -2.42. The minimum absolute atomic E-state index is 0.0979. The van der Waals surface area contributed by atoms with Crippen LogP contribution in [0.2, 0.25) is 0 Å². The van der Waals surface area contributed by atoms with Crippen molar-refractivity contribution in [1.82, 2.24) is 9.80 Å². The fourth-order valence-electron chi connectivity index (χ4n) is 3.77. The standard InChI is InChI=1S/C16H31N3O2/c1-13(14-4-2-5-15(17)12-14)16(21)19-7-3-6-18(8-9-19)10-11-20/h13-15,20H,2-12,17H2,1H3. The summed E-state index contributed by atoms with van der Waals surface area (Å²) in [7, 11) is 0. The Bertz CT molecular complexity index is 337. The minimum Gasteiger partial charge on any atom is -0.395 e. The largest absolute Gasteiger partial charge is 0.395 e. The molecule has 1 amide bonds. The molecule has 122 valence electrons. The van der Waals surface area contributed by atoms with E-state index in [1.54, 1.807) is 0 Å². The van der Waals surface area contributed by atoms with E-state index in [1.165, 1.54) is 0 Å². The molecule has 3 N–H and O–H groups in total. The molecule has 3 unspecified atom stereocenters. The summed E-state index contributed by atoms with van der Waals surface area (Å²) < 4.78 is 0. The highest BCUT2D eigenvalue weighted by Crippen LogP contribution is 2.30. The number of nitrogens with zero attached hydrogens (tertiary/aromatic N) is 2. The monoisotopic (exact) mass is 297 g/mol. The highest BCUT2D eigenvalue weighted by atomic mass is 16.3. The van der Waals surface area contributed by atoms with Gasteiger partial charge in [0.1, 0.15) is 0 Å². The molecule has 1 heterocycles. The smallest absolute Gasteiger partial charge is 0.225 e. The molecule has 1 saturated carbocycles. The van der Waals surface area contributed by atoms with Gasteiger partial charge >= 0.3 is 0 Å². The second kappa shape index (κ2) is 8.11. The second-order valence-corrected chi connectivity index (χ2v) is 6.72. The third kappa shape index (κ3) is 4.66. The molecule has 1 saturated heterocycles. The van der Waals surface area contributed by atoms with Gasteiger partial charge in [-0.1, -0.05) is 13.3 Å². The fourth-order valence-corrected chi connectivity index (χ4v) is 3.77. The zero-order valence-corrected chi connectivity index (χ0v) is 13.3. The molecule has 0 bridgehead atoms. The third-order valence-electron chi connectivity index (χ3n) is 5.17. The van der Waals surface area contributed by atoms with Crippen LogP contribution in [0.1, 0.15) is 39.0 Å². The highest BCUT2D eigenvalue weighted by molar-refractivity contribution is 5.78. The van der Waals surface area contributed by atoms with Gasteiger partial charge in [0.05, 0.1) is 6.61 Å². The molecule has 0 aromatic rings. The predicted octanol–water partition coefficient (Wildman–Crippen LogP) is 0.667. The lowest BCUT2D eigenvalue weighted by Gasteiger charge is -2.33. The third-order valence-corrected chi connectivity index (χ3v) is 5.17. The predicted molar refractivity (Wildman–Crippen MR) is 83.8 cm³/mol. The van der Waals surface area contributed by atoms with Crippen molar-refractivity contribution in [2.75, 3.05) is 39.3 Å². The van der Waals surface area contributed by atoms with E-state index in [4.69, 9.17) is 10.8 Å². The Balaban J connectivity index is 1.86. The number of aliphatic hydroxyl groups excluding tert-OH is 1. The van der Waals surface area contributed by atoms with Crippen molar-refractivity contribution in [3.63, 3.8) is 0 Å². The van der Waals surface area contributed by atoms with Gasteiger partial charge in [-0.15, -0.1) is 0 Å². The first kappa shape index (κ1) is 16.7. The molecule has 2 aliphatic rings. The van der Waals surface area contributed by atoms with Crippen LogP contribution in [0.15, 0.2) is 0 Å². The molecule has 3 atom stereocenters. The molecule has 0 spiro atoms. The average molecular weight is 297 g/mol. The van der Waals surface area contributed by atoms with Crippen molar-refractivity contribution >= 4 is 5.91 Å². The quantitative estimate of drug-likeness (QED) is 0.800. The molecule has 5 nitrogen and oxygen atoms in total. The molecule has 0 radical (unpaired) electrons. The van der Waals surface area contributed by atoms with Gasteiger partial charge in [-0.05, 0) is 38.1 Å².